The third-order valence-electron chi connectivity index (χ3n) is 3.08. The Hall–Kier alpha value is -0.120. The van der Waals surface area contributed by atoms with Crippen LogP contribution >= 0.6 is 23.5 Å². The predicted octanol–water partition coefficient (Wildman–Crippen LogP) is 3.61. The van der Waals surface area contributed by atoms with E-state index in [-0.39, 0.29) is 0 Å². The van der Waals surface area contributed by atoms with Gasteiger partial charge in [0.1, 0.15) is 0 Å². The molecule has 2 rings (SSSR count). The predicted molar refractivity (Wildman–Crippen MR) is 80.4 cm³/mol. The van der Waals surface area contributed by atoms with E-state index in [4.69, 9.17) is 0 Å². The van der Waals surface area contributed by atoms with Crippen molar-refractivity contribution in [2.75, 3.05) is 23.8 Å². The zero-order valence-electron chi connectivity index (χ0n) is 10.6. The molecule has 0 fully saturated rings. The minimum Gasteiger partial charge on any atom is -0.313 e. The maximum absolute atomic E-state index is 3.67. The summed E-state index contributed by atoms with van der Waals surface area (Å²) in [7, 11) is 0. The standard InChI is InChI=1S/C14H21NS2/c1-3-16-9-11(2)15-8-12-10-17-14-7-5-4-6-13(12)14/h4-7,11-12,15H,3,8-10H2,1-2H3. The van der Waals surface area contributed by atoms with E-state index in [1.54, 1.807) is 5.56 Å². The number of hydrogen-bond donors (Lipinski definition) is 1. The third-order valence-corrected chi connectivity index (χ3v) is 5.48. The first-order valence-corrected chi connectivity index (χ1v) is 8.48. The van der Waals surface area contributed by atoms with Crippen molar-refractivity contribution in [2.45, 2.75) is 30.7 Å². The van der Waals surface area contributed by atoms with Crippen LogP contribution in [0.15, 0.2) is 29.2 Å². The van der Waals surface area contributed by atoms with Gasteiger partial charge in [0.05, 0.1) is 0 Å². The Morgan fingerprint density at radius 2 is 2.29 bits per heavy atom. The van der Waals surface area contributed by atoms with Crippen LogP contribution in [0.1, 0.15) is 25.3 Å². The highest BCUT2D eigenvalue weighted by Gasteiger charge is 2.22. The van der Waals surface area contributed by atoms with Crippen molar-refractivity contribution in [2.24, 2.45) is 0 Å². The molecule has 0 aromatic heterocycles. The maximum atomic E-state index is 3.67. The van der Waals surface area contributed by atoms with Crippen LogP contribution in [0.2, 0.25) is 0 Å². The molecule has 94 valence electrons. The molecule has 1 N–H and O–H groups in total. The molecule has 0 bridgehead atoms. The van der Waals surface area contributed by atoms with Gasteiger partial charge in [-0.25, -0.2) is 0 Å². The monoisotopic (exact) mass is 267 g/mol. The lowest BCUT2D eigenvalue weighted by atomic mass is 10.0. The Morgan fingerprint density at radius 3 is 3.12 bits per heavy atom. The minimum absolute atomic E-state index is 0.623. The maximum Gasteiger partial charge on any atom is 0.0130 e. The van der Waals surface area contributed by atoms with E-state index in [1.807, 2.05) is 23.5 Å². The molecular weight excluding hydrogens is 246 g/mol. The average molecular weight is 267 g/mol. The van der Waals surface area contributed by atoms with Gasteiger partial charge in [-0.05, 0) is 24.3 Å². The molecule has 0 saturated carbocycles. The summed E-state index contributed by atoms with van der Waals surface area (Å²) in [6, 6.07) is 9.46. The number of fused-ring (bicyclic) bond motifs is 1. The van der Waals surface area contributed by atoms with Crippen LogP contribution < -0.4 is 5.32 Å². The molecule has 2 atom stereocenters. The van der Waals surface area contributed by atoms with E-state index in [0.29, 0.717) is 12.0 Å². The minimum atomic E-state index is 0.623. The number of nitrogens with one attached hydrogen (secondary N) is 1. The van der Waals surface area contributed by atoms with E-state index in [1.165, 1.54) is 22.2 Å². The van der Waals surface area contributed by atoms with Crippen molar-refractivity contribution in [3.8, 4) is 0 Å². The molecule has 2 unspecified atom stereocenters. The second-order valence-electron chi connectivity index (χ2n) is 4.51. The normalized spacial score (nSPS) is 20.2. The quantitative estimate of drug-likeness (QED) is 0.845. The Kier molecular flexibility index (Phi) is 5.26. The number of benzene rings is 1. The molecule has 0 saturated heterocycles. The molecule has 0 amide bonds. The highest BCUT2D eigenvalue weighted by molar-refractivity contribution is 7.99. The molecule has 1 nitrogen and oxygen atoms in total. The highest BCUT2D eigenvalue weighted by Crippen LogP contribution is 2.38. The fourth-order valence-corrected chi connectivity index (χ4v) is 4.06. The van der Waals surface area contributed by atoms with Crippen LogP contribution in [0, 0.1) is 0 Å². The summed E-state index contributed by atoms with van der Waals surface area (Å²) in [5.41, 5.74) is 1.54. The first kappa shape index (κ1) is 13.3. The summed E-state index contributed by atoms with van der Waals surface area (Å²) in [5.74, 6) is 4.37. The van der Waals surface area contributed by atoms with E-state index < -0.39 is 0 Å². The fraction of sp³-hybridized carbons (Fsp3) is 0.571. The van der Waals surface area contributed by atoms with Gasteiger partial charge in [-0.3, -0.25) is 0 Å². The fourth-order valence-electron chi connectivity index (χ4n) is 2.10. The zero-order valence-corrected chi connectivity index (χ0v) is 12.2. The van der Waals surface area contributed by atoms with Gasteiger partial charge in [0, 0.05) is 34.9 Å². The van der Waals surface area contributed by atoms with E-state index in [0.717, 1.165) is 6.54 Å². The largest absolute Gasteiger partial charge is 0.313 e. The van der Waals surface area contributed by atoms with Crippen molar-refractivity contribution >= 4 is 23.5 Å². The summed E-state index contributed by atoms with van der Waals surface area (Å²) in [5, 5.41) is 3.67. The Morgan fingerprint density at radius 1 is 1.47 bits per heavy atom. The van der Waals surface area contributed by atoms with E-state index in [2.05, 4.69) is 43.4 Å². The molecule has 1 aliphatic heterocycles. The van der Waals surface area contributed by atoms with Crippen molar-refractivity contribution in [1.82, 2.24) is 5.32 Å². The van der Waals surface area contributed by atoms with E-state index >= 15 is 0 Å². The van der Waals surface area contributed by atoms with Gasteiger partial charge in [0.15, 0.2) is 0 Å². The second-order valence-corrected chi connectivity index (χ2v) is 6.90. The molecule has 0 radical (unpaired) electrons. The van der Waals surface area contributed by atoms with Crippen LogP contribution in [-0.4, -0.2) is 29.8 Å². The summed E-state index contributed by atoms with van der Waals surface area (Å²) >= 11 is 4.02. The lowest BCUT2D eigenvalue weighted by Crippen LogP contribution is -2.32. The second kappa shape index (κ2) is 6.72. The summed E-state index contributed by atoms with van der Waals surface area (Å²) < 4.78 is 0. The van der Waals surface area contributed by atoms with Crippen molar-refractivity contribution in [3.05, 3.63) is 29.8 Å². The average Bonchev–Trinajstić information content (AvgIpc) is 2.77. The van der Waals surface area contributed by atoms with Gasteiger partial charge in [0.2, 0.25) is 0 Å². The molecule has 1 aliphatic rings. The molecule has 0 spiro atoms. The number of hydrogen-bond acceptors (Lipinski definition) is 3. The first-order valence-electron chi connectivity index (χ1n) is 6.34. The first-order chi connectivity index (χ1) is 8.31. The Bertz CT molecular complexity index is 354. The lowest BCUT2D eigenvalue weighted by Gasteiger charge is -2.17. The molecule has 1 aromatic carbocycles. The van der Waals surface area contributed by atoms with E-state index in [9.17, 15) is 0 Å². The smallest absolute Gasteiger partial charge is 0.0130 e. The molecule has 1 aromatic rings. The topological polar surface area (TPSA) is 12.0 Å². The summed E-state index contributed by atoms with van der Waals surface area (Å²) in [6.45, 7) is 5.63. The van der Waals surface area contributed by atoms with Gasteiger partial charge in [-0.15, -0.1) is 11.8 Å². The van der Waals surface area contributed by atoms with Crippen LogP contribution in [0.4, 0.5) is 0 Å². The lowest BCUT2D eigenvalue weighted by molar-refractivity contribution is 0.557. The molecular formula is C14H21NS2. The molecule has 17 heavy (non-hydrogen) atoms. The summed E-state index contributed by atoms with van der Waals surface area (Å²) in [6.07, 6.45) is 0. The van der Waals surface area contributed by atoms with Crippen molar-refractivity contribution in [3.63, 3.8) is 0 Å². The van der Waals surface area contributed by atoms with Crippen LogP contribution in [-0.2, 0) is 0 Å². The van der Waals surface area contributed by atoms with Crippen LogP contribution in [0.3, 0.4) is 0 Å². The molecule has 1 heterocycles. The van der Waals surface area contributed by atoms with Gasteiger partial charge in [-0.1, -0.05) is 25.1 Å². The Labute approximate surface area is 113 Å². The number of rotatable bonds is 6. The van der Waals surface area contributed by atoms with Crippen LogP contribution in [0.5, 0.6) is 0 Å². The highest BCUT2D eigenvalue weighted by atomic mass is 32.2. The van der Waals surface area contributed by atoms with Crippen LogP contribution in [0.25, 0.3) is 0 Å². The zero-order chi connectivity index (χ0) is 12.1. The van der Waals surface area contributed by atoms with Crippen molar-refractivity contribution in [1.29, 1.82) is 0 Å². The SMILES string of the molecule is CCSCC(C)NCC1CSc2ccccc21. The third kappa shape index (κ3) is 3.67. The van der Waals surface area contributed by atoms with Crippen molar-refractivity contribution < 1.29 is 0 Å². The number of thioether (sulfide) groups is 2. The van der Waals surface area contributed by atoms with Gasteiger partial charge < -0.3 is 5.32 Å². The molecule has 0 aliphatic carbocycles. The summed E-state index contributed by atoms with van der Waals surface area (Å²) in [4.78, 5) is 1.48. The van der Waals surface area contributed by atoms with Gasteiger partial charge in [-0.2, -0.15) is 11.8 Å². The Balaban J connectivity index is 1.81. The molecule has 3 heteroatoms. The van der Waals surface area contributed by atoms with Gasteiger partial charge >= 0.3 is 0 Å². The van der Waals surface area contributed by atoms with Gasteiger partial charge in [0.25, 0.3) is 0 Å².